The Bertz CT molecular complexity index is 1140. The van der Waals surface area contributed by atoms with Gasteiger partial charge in [-0.2, -0.15) is 11.3 Å². The van der Waals surface area contributed by atoms with Crippen molar-refractivity contribution in [1.82, 2.24) is 0 Å². The summed E-state index contributed by atoms with van der Waals surface area (Å²) in [6, 6.07) is 22.6. The number of fused-ring (bicyclic) bond motifs is 7. The van der Waals surface area contributed by atoms with E-state index in [9.17, 15) is 5.26 Å². The van der Waals surface area contributed by atoms with Gasteiger partial charge in [0.1, 0.15) is 0 Å². The van der Waals surface area contributed by atoms with Gasteiger partial charge in [-0.15, -0.1) is 6.07 Å². The van der Waals surface area contributed by atoms with E-state index in [4.69, 9.17) is 6.58 Å². The van der Waals surface area contributed by atoms with Crippen molar-refractivity contribution in [1.29, 1.82) is 5.26 Å². The normalized spacial score (nSPS) is 18.2. The van der Waals surface area contributed by atoms with E-state index in [0.29, 0.717) is 5.56 Å². The van der Waals surface area contributed by atoms with Gasteiger partial charge in [0.25, 0.3) is 0 Å². The SMILES string of the molecule is [CH-]=CC1=[C-]c2cccc[n+]2C12c1ccccc1-c1cc(C#N)ccc12.[Y]. The van der Waals surface area contributed by atoms with Crippen LogP contribution in [-0.2, 0) is 38.2 Å². The molecule has 3 heteroatoms. The molecule has 1 unspecified atom stereocenters. The van der Waals surface area contributed by atoms with E-state index in [0.717, 1.165) is 28.0 Å². The van der Waals surface area contributed by atoms with Gasteiger partial charge in [-0.3, -0.25) is 0 Å². The predicted octanol–water partition coefficient (Wildman–Crippen LogP) is 3.70. The van der Waals surface area contributed by atoms with Crippen molar-refractivity contribution in [3.63, 3.8) is 0 Å². The zero-order valence-electron chi connectivity index (χ0n) is 14.0. The quantitative estimate of drug-likeness (QED) is 0.448. The molecule has 1 radical (unpaired) electrons. The molecule has 0 N–H and O–H groups in total. The molecule has 1 aliphatic carbocycles. The summed E-state index contributed by atoms with van der Waals surface area (Å²) < 4.78 is 2.22. The van der Waals surface area contributed by atoms with Crippen molar-refractivity contribution in [2.75, 3.05) is 0 Å². The number of nitrogens with zero attached hydrogens (tertiary/aromatic N) is 2. The van der Waals surface area contributed by atoms with E-state index in [1.165, 1.54) is 5.56 Å². The maximum Gasteiger partial charge on any atom is 0.166 e. The van der Waals surface area contributed by atoms with E-state index >= 15 is 0 Å². The molecule has 2 aliphatic rings. The first kappa shape index (κ1) is 17.1. The first-order valence-corrected chi connectivity index (χ1v) is 8.16. The van der Waals surface area contributed by atoms with Crippen LogP contribution >= 0.6 is 0 Å². The van der Waals surface area contributed by atoms with Gasteiger partial charge >= 0.3 is 0 Å². The number of nitriles is 1. The molecule has 0 saturated heterocycles. The summed E-state index contributed by atoms with van der Waals surface area (Å²) in [4.78, 5) is 0. The number of hydrogen-bond donors (Lipinski definition) is 0. The molecule has 0 bridgehead atoms. The smallest absolute Gasteiger partial charge is 0.166 e. The van der Waals surface area contributed by atoms with Crippen molar-refractivity contribution >= 4 is 0 Å². The minimum Gasteiger partial charge on any atom is -0.360 e. The Morgan fingerprint density at radius 3 is 2.58 bits per heavy atom. The number of rotatable bonds is 1. The van der Waals surface area contributed by atoms with Gasteiger partial charge in [0.15, 0.2) is 11.7 Å². The van der Waals surface area contributed by atoms with Gasteiger partial charge in [-0.25, -0.2) is 10.1 Å². The average Bonchev–Trinajstić information content (AvgIpc) is 3.17. The molecule has 0 amide bonds. The maximum atomic E-state index is 9.33. The fourth-order valence-electron chi connectivity index (χ4n) is 4.24. The van der Waals surface area contributed by atoms with Crippen molar-refractivity contribution < 1.29 is 37.3 Å². The van der Waals surface area contributed by atoms with E-state index in [1.807, 2.05) is 48.5 Å². The minimum absolute atomic E-state index is 0. The number of aromatic nitrogens is 1. The summed E-state index contributed by atoms with van der Waals surface area (Å²) in [5.74, 6) is 0. The van der Waals surface area contributed by atoms with Crippen LogP contribution < -0.4 is 4.57 Å². The van der Waals surface area contributed by atoms with Crippen molar-refractivity contribution in [3.8, 4) is 17.2 Å². The fourth-order valence-corrected chi connectivity index (χ4v) is 4.24. The largest absolute Gasteiger partial charge is 0.360 e. The van der Waals surface area contributed by atoms with E-state index in [-0.39, 0.29) is 32.7 Å². The Kier molecular flexibility index (Phi) is 4.03. The molecule has 1 spiro atoms. The van der Waals surface area contributed by atoms with Gasteiger partial charge < -0.3 is 12.7 Å². The second kappa shape index (κ2) is 6.13. The van der Waals surface area contributed by atoms with Gasteiger partial charge in [0.05, 0.1) is 17.3 Å². The van der Waals surface area contributed by atoms with Crippen LogP contribution in [0.1, 0.15) is 22.4 Å². The Hall–Kier alpha value is -2.34. The standard InChI is InChI=1S/C23H13N2.Y/c1-2-17-14-18-7-5-6-12-25(18)23(17)21-9-4-3-8-19(21)20-13-16(15-24)10-11-22(20)23;/h1-13H;/q-1;. The number of pyridine rings is 1. The van der Waals surface area contributed by atoms with Crippen molar-refractivity contribution in [2.24, 2.45) is 0 Å². The molecular formula is C23H13N2Y-. The fraction of sp³-hybridized carbons (Fsp3) is 0.0435. The Balaban J connectivity index is 0.00000168. The predicted molar refractivity (Wildman–Crippen MR) is 94.1 cm³/mol. The van der Waals surface area contributed by atoms with Gasteiger partial charge in [-0.05, 0) is 29.3 Å². The minimum atomic E-state index is -0.523. The van der Waals surface area contributed by atoms with E-state index in [1.54, 1.807) is 6.08 Å². The summed E-state index contributed by atoms with van der Waals surface area (Å²) in [6.07, 6.45) is 7.18. The Labute approximate surface area is 178 Å². The molecule has 1 aromatic heterocycles. The van der Waals surface area contributed by atoms with Crippen LogP contribution in [0.3, 0.4) is 0 Å². The number of allylic oxidation sites excluding steroid dienone is 2. The molecule has 3 aromatic rings. The first-order chi connectivity index (χ1) is 12.3. The first-order valence-electron chi connectivity index (χ1n) is 8.16. The van der Waals surface area contributed by atoms with Crippen molar-refractivity contribution in [2.45, 2.75) is 5.54 Å². The van der Waals surface area contributed by atoms with E-state index < -0.39 is 5.54 Å². The van der Waals surface area contributed by atoms with E-state index in [2.05, 4.69) is 35.0 Å². The second-order valence-electron chi connectivity index (χ2n) is 6.29. The summed E-state index contributed by atoms with van der Waals surface area (Å²) >= 11 is 0. The van der Waals surface area contributed by atoms with Gasteiger partial charge in [0, 0.05) is 43.8 Å². The van der Waals surface area contributed by atoms with Crippen LogP contribution in [-0.4, -0.2) is 0 Å². The zero-order chi connectivity index (χ0) is 17.0. The van der Waals surface area contributed by atoms with Gasteiger partial charge in [-0.1, -0.05) is 36.4 Å². The Morgan fingerprint density at radius 1 is 1.00 bits per heavy atom. The average molecular weight is 406 g/mol. The molecule has 2 nitrogen and oxygen atoms in total. The number of hydrogen-bond acceptors (Lipinski definition) is 1. The van der Waals surface area contributed by atoms with Crippen LogP contribution in [0.15, 0.2) is 78.5 Å². The molecule has 2 aromatic carbocycles. The maximum absolute atomic E-state index is 9.33. The summed E-state index contributed by atoms with van der Waals surface area (Å²) in [5, 5.41) is 9.33. The van der Waals surface area contributed by atoms with Crippen LogP contribution in [0.2, 0.25) is 0 Å². The topological polar surface area (TPSA) is 27.7 Å². The molecule has 1 aliphatic heterocycles. The molecule has 0 fully saturated rings. The third-order valence-electron chi connectivity index (χ3n) is 5.19. The third kappa shape index (κ3) is 1.96. The summed E-state index contributed by atoms with van der Waals surface area (Å²) in [5.41, 5.74) is 6.57. The molecule has 5 rings (SSSR count). The zero-order valence-corrected chi connectivity index (χ0v) is 16.8. The van der Waals surface area contributed by atoms with Gasteiger partial charge in [0.2, 0.25) is 0 Å². The molecule has 1 atom stereocenters. The summed E-state index contributed by atoms with van der Waals surface area (Å²) in [7, 11) is 0. The van der Waals surface area contributed by atoms with Crippen LogP contribution in [0.25, 0.3) is 11.1 Å². The second-order valence-corrected chi connectivity index (χ2v) is 6.29. The summed E-state index contributed by atoms with van der Waals surface area (Å²) in [6.45, 7) is 6.05. The molecule has 119 valence electrons. The molecule has 2 heterocycles. The van der Waals surface area contributed by atoms with Crippen molar-refractivity contribution in [3.05, 3.63) is 114 Å². The van der Waals surface area contributed by atoms with Crippen LogP contribution in [0.4, 0.5) is 0 Å². The molecule has 26 heavy (non-hydrogen) atoms. The van der Waals surface area contributed by atoms with Crippen LogP contribution in [0, 0.1) is 24.0 Å². The molecule has 0 saturated carbocycles. The monoisotopic (exact) mass is 406 g/mol. The third-order valence-corrected chi connectivity index (χ3v) is 5.19. The number of benzene rings is 2. The Morgan fingerprint density at radius 2 is 1.77 bits per heavy atom. The van der Waals surface area contributed by atoms with Crippen LogP contribution in [0.5, 0.6) is 0 Å². The molecular weight excluding hydrogens is 393 g/mol.